The fourth-order valence-corrected chi connectivity index (χ4v) is 6.23. The first kappa shape index (κ1) is 22.8. The molecule has 0 N–H and O–H groups in total. The third-order valence-electron chi connectivity index (χ3n) is 5.26. The molecule has 3 aromatic carbocycles. The highest BCUT2D eigenvalue weighted by Gasteiger charge is 2.27. The van der Waals surface area contributed by atoms with Crippen molar-refractivity contribution in [2.24, 2.45) is 0 Å². The van der Waals surface area contributed by atoms with Gasteiger partial charge >= 0.3 is 0 Å². The summed E-state index contributed by atoms with van der Waals surface area (Å²) in [5.41, 5.74) is 3.89. The molecule has 5 nitrogen and oxygen atoms in total. The molecule has 0 fully saturated rings. The molecule has 3 aromatic rings. The van der Waals surface area contributed by atoms with Crippen molar-refractivity contribution < 1.29 is 23.7 Å². The zero-order valence-corrected chi connectivity index (χ0v) is 22.4. The van der Waals surface area contributed by atoms with Crippen LogP contribution in [0.15, 0.2) is 22.7 Å². The molecule has 31 heavy (non-hydrogen) atoms. The van der Waals surface area contributed by atoms with Gasteiger partial charge in [-0.1, -0.05) is 43.5 Å². The van der Waals surface area contributed by atoms with Gasteiger partial charge < -0.3 is 23.7 Å². The minimum atomic E-state index is 0.184. The molecule has 1 aliphatic rings. The molecule has 164 valence electrons. The van der Waals surface area contributed by atoms with E-state index in [2.05, 4.69) is 47.8 Å². The van der Waals surface area contributed by atoms with Crippen molar-refractivity contribution >= 4 is 70.2 Å². The van der Waals surface area contributed by atoms with Gasteiger partial charge in [-0.25, -0.2) is 0 Å². The molecule has 0 aromatic heterocycles. The van der Waals surface area contributed by atoms with Gasteiger partial charge in [0.25, 0.3) is 0 Å². The summed E-state index contributed by atoms with van der Waals surface area (Å²) >= 11 is 17.9. The number of halogens is 4. The lowest BCUT2D eigenvalue weighted by molar-refractivity contribution is 0.174. The van der Waals surface area contributed by atoms with E-state index < -0.39 is 0 Å². The van der Waals surface area contributed by atoms with Crippen molar-refractivity contribution in [3.8, 4) is 39.9 Å². The molecule has 0 aliphatic carbocycles. The second-order valence-corrected chi connectivity index (χ2v) is 8.96. The van der Waals surface area contributed by atoms with Gasteiger partial charge in [0.15, 0.2) is 23.0 Å². The van der Waals surface area contributed by atoms with Crippen LogP contribution in [0.2, 0.25) is 5.02 Å². The molecule has 0 saturated carbocycles. The van der Waals surface area contributed by atoms with Crippen molar-refractivity contribution in [2.75, 3.05) is 28.1 Å². The molecule has 0 saturated heterocycles. The lowest BCUT2D eigenvalue weighted by Gasteiger charge is -2.22. The van der Waals surface area contributed by atoms with Crippen LogP contribution in [0.4, 0.5) is 0 Å². The summed E-state index contributed by atoms with van der Waals surface area (Å²) in [5, 5.41) is 3.67. The molecule has 0 bridgehead atoms. The highest BCUT2D eigenvalue weighted by Crippen LogP contribution is 2.53. The fourth-order valence-electron chi connectivity index (χ4n) is 3.84. The summed E-state index contributed by atoms with van der Waals surface area (Å²) in [5.74, 6) is 2.97. The number of rotatable bonds is 6. The van der Waals surface area contributed by atoms with Gasteiger partial charge in [0, 0.05) is 21.6 Å². The fraction of sp³-hybridized carbons (Fsp3) is 0.273. The van der Waals surface area contributed by atoms with Crippen LogP contribution in [-0.4, -0.2) is 28.1 Å². The van der Waals surface area contributed by atoms with E-state index >= 15 is 0 Å². The minimum Gasteiger partial charge on any atom is -0.493 e. The topological polar surface area (TPSA) is 46.2 Å². The number of benzene rings is 3. The van der Waals surface area contributed by atoms with E-state index in [9.17, 15) is 0 Å². The normalized spacial score (nSPS) is 12.4. The number of alkyl halides is 2. The first-order chi connectivity index (χ1) is 15.0. The van der Waals surface area contributed by atoms with Gasteiger partial charge in [-0.2, -0.15) is 0 Å². The molecule has 1 aliphatic heterocycles. The Balaban J connectivity index is 2.19. The molecule has 0 spiro atoms. The molecule has 0 atom stereocenters. The Kier molecular flexibility index (Phi) is 6.82. The number of hydrogen-bond donors (Lipinski definition) is 0. The van der Waals surface area contributed by atoms with Crippen LogP contribution in [-0.2, 0) is 10.7 Å². The first-order valence-electron chi connectivity index (χ1n) is 9.17. The molecular weight excluding hydrogens is 619 g/mol. The van der Waals surface area contributed by atoms with Gasteiger partial charge in [0.1, 0.15) is 0 Å². The third-order valence-corrected chi connectivity index (χ3v) is 7.60. The van der Waals surface area contributed by atoms with Crippen molar-refractivity contribution in [1.82, 2.24) is 0 Å². The smallest absolute Gasteiger partial charge is 0.231 e. The zero-order chi connectivity index (χ0) is 22.3. The summed E-state index contributed by atoms with van der Waals surface area (Å²) in [4.78, 5) is 0. The Bertz CT molecular complexity index is 1180. The average molecular weight is 638 g/mol. The van der Waals surface area contributed by atoms with E-state index in [1.807, 2.05) is 18.2 Å². The minimum absolute atomic E-state index is 0.184. The van der Waals surface area contributed by atoms with Crippen LogP contribution >= 0.6 is 59.4 Å². The van der Waals surface area contributed by atoms with Crippen molar-refractivity contribution in [3.05, 3.63) is 38.8 Å². The Morgan fingerprint density at radius 1 is 0.871 bits per heavy atom. The number of fused-ring (bicyclic) bond motifs is 2. The van der Waals surface area contributed by atoms with E-state index in [0.717, 1.165) is 37.5 Å². The lowest BCUT2D eigenvalue weighted by Crippen LogP contribution is -2.01. The number of hydrogen-bond acceptors (Lipinski definition) is 5. The molecule has 1 heterocycles. The van der Waals surface area contributed by atoms with E-state index in [4.69, 9.17) is 35.3 Å². The predicted octanol–water partition coefficient (Wildman–Crippen LogP) is 7.47. The Labute approximate surface area is 210 Å². The van der Waals surface area contributed by atoms with Crippen molar-refractivity contribution in [3.63, 3.8) is 0 Å². The van der Waals surface area contributed by atoms with Gasteiger partial charge in [-0.05, 0) is 56.2 Å². The lowest BCUT2D eigenvalue weighted by atomic mass is 9.90. The third kappa shape index (κ3) is 3.65. The monoisotopic (exact) mass is 634 g/mol. The van der Waals surface area contributed by atoms with E-state index in [1.165, 1.54) is 0 Å². The Morgan fingerprint density at radius 2 is 1.48 bits per heavy atom. The van der Waals surface area contributed by atoms with Crippen LogP contribution in [0.25, 0.3) is 21.9 Å². The predicted molar refractivity (Wildman–Crippen MR) is 133 cm³/mol. The van der Waals surface area contributed by atoms with E-state index in [1.54, 1.807) is 21.3 Å². The van der Waals surface area contributed by atoms with Gasteiger partial charge in [0.2, 0.25) is 12.5 Å². The largest absolute Gasteiger partial charge is 0.493 e. The van der Waals surface area contributed by atoms with Crippen molar-refractivity contribution in [1.29, 1.82) is 0 Å². The first-order valence-corrected chi connectivity index (χ1v) is 12.6. The second kappa shape index (κ2) is 9.25. The van der Waals surface area contributed by atoms with Crippen LogP contribution in [0.5, 0.6) is 28.7 Å². The van der Waals surface area contributed by atoms with E-state index in [0.29, 0.717) is 44.4 Å². The highest BCUT2D eigenvalue weighted by atomic mass is 79.9. The number of methoxy groups -OCH3 is 3. The molecule has 0 unspecified atom stereocenters. The second-order valence-electron chi connectivity index (χ2n) is 6.67. The molecule has 4 rings (SSSR count). The van der Waals surface area contributed by atoms with Crippen LogP contribution in [0, 0.1) is 0 Å². The summed E-state index contributed by atoms with van der Waals surface area (Å²) in [6.45, 7) is 0.184. The van der Waals surface area contributed by atoms with Crippen LogP contribution in [0.3, 0.4) is 0 Å². The zero-order valence-electron chi connectivity index (χ0n) is 16.9. The highest BCUT2D eigenvalue weighted by molar-refractivity contribution is 9.10. The van der Waals surface area contributed by atoms with Gasteiger partial charge in [0.05, 0.1) is 30.8 Å². The van der Waals surface area contributed by atoms with Gasteiger partial charge in [-0.15, -0.1) is 0 Å². The van der Waals surface area contributed by atoms with E-state index in [-0.39, 0.29) is 6.79 Å². The van der Waals surface area contributed by atoms with Crippen LogP contribution in [0.1, 0.15) is 11.1 Å². The standard InChI is InChI=1S/C22H18Br3ClO5/c1-27-17-6-12(19(25)22(29-3)21(17)28-2)18-10-4-15-16(31-9-30-15)5-11(10)20(26)14(8-24)13(18)7-23/h4-6H,7-9H2,1-3H3. The SMILES string of the molecule is COc1cc(-c2c(CBr)c(CBr)c(Cl)c3cc4c(cc23)OCO4)c(Br)c(OC)c1OC. The maximum absolute atomic E-state index is 6.86. The Morgan fingerprint density at radius 3 is 2.03 bits per heavy atom. The average Bonchev–Trinajstić information content (AvgIpc) is 3.25. The number of ether oxygens (including phenoxy) is 5. The molecule has 0 amide bonds. The van der Waals surface area contributed by atoms with Crippen molar-refractivity contribution in [2.45, 2.75) is 10.7 Å². The Hall–Kier alpha value is -1.35. The quantitative estimate of drug-likeness (QED) is 0.263. The van der Waals surface area contributed by atoms with Crippen LogP contribution < -0.4 is 23.7 Å². The summed E-state index contributed by atoms with van der Waals surface area (Å²) in [6.07, 6.45) is 0. The summed E-state index contributed by atoms with van der Waals surface area (Å²) in [7, 11) is 4.78. The summed E-state index contributed by atoms with van der Waals surface area (Å²) < 4.78 is 28.8. The maximum Gasteiger partial charge on any atom is 0.231 e. The molecule has 0 radical (unpaired) electrons. The van der Waals surface area contributed by atoms with Gasteiger partial charge in [-0.3, -0.25) is 0 Å². The molecular formula is C22H18Br3ClO5. The molecule has 9 heteroatoms. The maximum atomic E-state index is 6.86. The summed E-state index contributed by atoms with van der Waals surface area (Å²) in [6, 6.07) is 5.83.